The van der Waals surface area contributed by atoms with E-state index in [1.165, 1.54) is 0 Å². The van der Waals surface area contributed by atoms with Gasteiger partial charge in [0.25, 0.3) is 5.91 Å². The number of aromatic nitrogens is 1. The number of hydrogen-bond acceptors (Lipinski definition) is 4. The van der Waals surface area contributed by atoms with Gasteiger partial charge in [-0.05, 0) is 49.5 Å². The zero-order chi connectivity index (χ0) is 18.8. The van der Waals surface area contributed by atoms with Crippen molar-refractivity contribution in [2.45, 2.75) is 0 Å². The number of benzene rings is 2. The van der Waals surface area contributed by atoms with Crippen LogP contribution in [0.3, 0.4) is 0 Å². The normalized spacial score (nSPS) is 15.1. The molecule has 1 aliphatic heterocycles. The SMILES string of the molecule is CN1CCN(C(=O)c2cccc(Nc3ccnc4ccc(Br)cc34)c2)CC1. The summed E-state index contributed by atoms with van der Waals surface area (Å²) < 4.78 is 1.00. The van der Waals surface area contributed by atoms with E-state index < -0.39 is 0 Å². The minimum absolute atomic E-state index is 0.0917. The molecular formula is C21H21BrN4O. The van der Waals surface area contributed by atoms with Gasteiger partial charge in [-0.15, -0.1) is 0 Å². The number of amides is 1. The predicted octanol–water partition coefficient (Wildman–Crippen LogP) is 4.13. The van der Waals surface area contributed by atoms with Crippen LogP contribution in [0.4, 0.5) is 11.4 Å². The van der Waals surface area contributed by atoms with Crippen LogP contribution in [0.1, 0.15) is 10.4 Å². The summed E-state index contributed by atoms with van der Waals surface area (Å²) >= 11 is 3.52. The summed E-state index contributed by atoms with van der Waals surface area (Å²) in [6.45, 7) is 3.38. The molecule has 27 heavy (non-hydrogen) atoms. The molecular weight excluding hydrogens is 404 g/mol. The smallest absolute Gasteiger partial charge is 0.254 e. The van der Waals surface area contributed by atoms with Crippen LogP contribution in [0.5, 0.6) is 0 Å². The molecule has 1 N–H and O–H groups in total. The van der Waals surface area contributed by atoms with Crippen molar-refractivity contribution >= 4 is 44.1 Å². The average Bonchev–Trinajstić information content (AvgIpc) is 2.69. The van der Waals surface area contributed by atoms with Crippen LogP contribution in [-0.4, -0.2) is 53.9 Å². The van der Waals surface area contributed by atoms with E-state index in [2.05, 4.69) is 38.2 Å². The minimum Gasteiger partial charge on any atom is -0.355 e. The van der Waals surface area contributed by atoms with Gasteiger partial charge >= 0.3 is 0 Å². The number of carbonyl (C=O) groups excluding carboxylic acids is 1. The summed E-state index contributed by atoms with van der Waals surface area (Å²) in [5.41, 5.74) is 3.49. The number of rotatable bonds is 3. The van der Waals surface area contributed by atoms with Crippen molar-refractivity contribution < 1.29 is 4.79 Å². The first-order valence-electron chi connectivity index (χ1n) is 8.99. The lowest BCUT2D eigenvalue weighted by Gasteiger charge is -2.32. The number of fused-ring (bicyclic) bond motifs is 1. The first kappa shape index (κ1) is 17.9. The van der Waals surface area contributed by atoms with Gasteiger partial charge in [-0.1, -0.05) is 22.0 Å². The van der Waals surface area contributed by atoms with Crippen molar-refractivity contribution in [1.29, 1.82) is 0 Å². The maximum absolute atomic E-state index is 12.8. The Morgan fingerprint density at radius 3 is 2.70 bits per heavy atom. The topological polar surface area (TPSA) is 48.5 Å². The van der Waals surface area contributed by atoms with Gasteiger partial charge in [-0.3, -0.25) is 9.78 Å². The van der Waals surface area contributed by atoms with Crippen molar-refractivity contribution in [2.24, 2.45) is 0 Å². The summed E-state index contributed by atoms with van der Waals surface area (Å²) in [5.74, 6) is 0.0917. The lowest BCUT2D eigenvalue weighted by atomic mass is 10.1. The maximum Gasteiger partial charge on any atom is 0.254 e. The van der Waals surface area contributed by atoms with E-state index in [1.807, 2.05) is 53.4 Å². The highest BCUT2D eigenvalue weighted by molar-refractivity contribution is 9.10. The molecule has 1 aromatic heterocycles. The lowest BCUT2D eigenvalue weighted by Crippen LogP contribution is -2.47. The van der Waals surface area contributed by atoms with Crippen LogP contribution in [0.15, 0.2) is 59.2 Å². The van der Waals surface area contributed by atoms with Gasteiger partial charge in [0.2, 0.25) is 0 Å². The zero-order valence-corrected chi connectivity index (χ0v) is 16.7. The quantitative estimate of drug-likeness (QED) is 0.686. The van der Waals surface area contributed by atoms with Gasteiger partial charge in [0, 0.05) is 59.2 Å². The summed E-state index contributed by atoms with van der Waals surface area (Å²) in [4.78, 5) is 21.4. The second-order valence-corrected chi connectivity index (χ2v) is 7.74. The second-order valence-electron chi connectivity index (χ2n) is 6.82. The minimum atomic E-state index is 0.0917. The first-order chi connectivity index (χ1) is 13.1. The van der Waals surface area contributed by atoms with Crippen LogP contribution in [0.2, 0.25) is 0 Å². The van der Waals surface area contributed by atoms with E-state index in [-0.39, 0.29) is 5.91 Å². The Kier molecular flexibility index (Phi) is 5.09. The maximum atomic E-state index is 12.8. The number of hydrogen-bond donors (Lipinski definition) is 1. The van der Waals surface area contributed by atoms with E-state index in [9.17, 15) is 4.79 Å². The number of carbonyl (C=O) groups is 1. The standard InChI is InChI=1S/C21H21BrN4O/c1-25-9-11-26(12-10-25)21(27)15-3-2-4-17(13-15)24-20-7-8-23-19-6-5-16(22)14-18(19)20/h2-8,13-14H,9-12H2,1H3,(H,23,24). The van der Waals surface area contributed by atoms with Crippen LogP contribution in [0.25, 0.3) is 10.9 Å². The Bertz CT molecular complexity index is 983. The molecule has 0 aliphatic carbocycles. The molecule has 0 unspecified atom stereocenters. The van der Waals surface area contributed by atoms with Gasteiger partial charge in [-0.25, -0.2) is 0 Å². The van der Waals surface area contributed by atoms with E-state index >= 15 is 0 Å². The molecule has 2 aromatic carbocycles. The van der Waals surface area contributed by atoms with Crippen LogP contribution < -0.4 is 5.32 Å². The first-order valence-corrected chi connectivity index (χ1v) is 9.79. The second kappa shape index (κ2) is 7.66. The molecule has 1 fully saturated rings. The molecule has 6 heteroatoms. The highest BCUT2D eigenvalue weighted by atomic mass is 79.9. The third-order valence-electron chi connectivity index (χ3n) is 4.88. The number of halogens is 1. The molecule has 0 radical (unpaired) electrons. The van der Waals surface area contributed by atoms with Crippen molar-refractivity contribution in [1.82, 2.24) is 14.8 Å². The molecule has 0 spiro atoms. The molecule has 0 saturated carbocycles. The lowest BCUT2D eigenvalue weighted by molar-refractivity contribution is 0.0664. The highest BCUT2D eigenvalue weighted by Gasteiger charge is 2.20. The van der Waals surface area contributed by atoms with E-state index in [0.29, 0.717) is 5.56 Å². The molecule has 4 rings (SSSR count). The fourth-order valence-corrected chi connectivity index (χ4v) is 3.67. The van der Waals surface area contributed by atoms with Crippen molar-refractivity contribution in [2.75, 3.05) is 38.5 Å². The summed E-state index contributed by atoms with van der Waals surface area (Å²) in [6, 6.07) is 15.7. The number of pyridine rings is 1. The number of piperazine rings is 1. The number of anilines is 2. The van der Waals surface area contributed by atoms with Gasteiger partial charge in [0.05, 0.1) is 5.52 Å². The molecule has 3 aromatic rings. The Morgan fingerprint density at radius 2 is 1.89 bits per heavy atom. The van der Waals surface area contributed by atoms with E-state index in [1.54, 1.807) is 6.20 Å². The molecule has 2 heterocycles. The van der Waals surface area contributed by atoms with Gasteiger partial charge in [0.1, 0.15) is 0 Å². The number of nitrogens with one attached hydrogen (secondary N) is 1. The third kappa shape index (κ3) is 3.96. The van der Waals surface area contributed by atoms with Crippen molar-refractivity contribution in [3.63, 3.8) is 0 Å². The molecule has 0 bridgehead atoms. The summed E-state index contributed by atoms with van der Waals surface area (Å²) in [5, 5.41) is 4.47. The molecule has 1 aliphatic rings. The Balaban J connectivity index is 1.58. The van der Waals surface area contributed by atoms with Crippen LogP contribution in [0, 0.1) is 0 Å². The van der Waals surface area contributed by atoms with E-state index in [0.717, 1.165) is 52.9 Å². The number of nitrogens with zero attached hydrogens (tertiary/aromatic N) is 3. The third-order valence-corrected chi connectivity index (χ3v) is 5.38. The van der Waals surface area contributed by atoms with Gasteiger partial charge in [-0.2, -0.15) is 0 Å². The monoisotopic (exact) mass is 424 g/mol. The summed E-state index contributed by atoms with van der Waals surface area (Å²) in [7, 11) is 2.09. The largest absolute Gasteiger partial charge is 0.355 e. The predicted molar refractivity (Wildman–Crippen MR) is 113 cm³/mol. The highest BCUT2D eigenvalue weighted by Crippen LogP contribution is 2.28. The molecule has 138 valence electrons. The molecule has 5 nitrogen and oxygen atoms in total. The van der Waals surface area contributed by atoms with Crippen LogP contribution in [-0.2, 0) is 0 Å². The Morgan fingerprint density at radius 1 is 1.07 bits per heavy atom. The van der Waals surface area contributed by atoms with Crippen molar-refractivity contribution in [3.8, 4) is 0 Å². The van der Waals surface area contributed by atoms with E-state index in [4.69, 9.17) is 0 Å². The fourth-order valence-electron chi connectivity index (χ4n) is 3.31. The Hall–Kier alpha value is -2.44. The molecule has 0 atom stereocenters. The van der Waals surface area contributed by atoms with Gasteiger partial charge in [0.15, 0.2) is 0 Å². The fraction of sp³-hybridized carbons (Fsp3) is 0.238. The zero-order valence-electron chi connectivity index (χ0n) is 15.2. The molecule has 1 saturated heterocycles. The summed E-state index contributed by atoms with van der Waals surface area (Å²) in [6.07, 6.45) is 1.79. The molecule has 1 amide bonds. The average molecular weight is 425 g/mol. The number of likely N-dealkylation sites (N-methyl/N-ethyl adjacent to an activating group) is 1. The Labute approximate surface area is 167 Å². The van der Waals surface area contributed by atoms with Gasteiger partial charge < -0.3 is 15.1 Å². The van der Waals surface area contributed by atoms with Crippen molar-refractivity contribution in [3.05, 3.63) is 64.8 Å². The van der Waals surface area contributed by atoms with Crippen LogP contribution >= 0.6 is 15.9 Å².